The highest BCUT2D eigenvalue weighted by atomic mass is 32.2. The number of thioether (sulfide) groups is 1. The molecule has 0 bridgehead atoms. The lowest BCUT2D eigenvalue weighted by atomic mass is 10.1. The van der Waals surface area contributed by atoms with Gasteiger partial charge in [0.2, 0.25) is 5.91 Å². The van der Waals surface area contributed by atoms with Crippen molar-refractivity contribution in [2.24, 2.45) is 0 Å². The summed E-state index contributed by atoms with van der Waals surface area (Å²) in [6.07, 6.45) is 5.04. The molecule has 0 unspecified atom stereocenters. The molecule has 18 heavy (non-hydrogen) atoms. The van der Waals surface area contributed by atoms with Crippen LogP contribution in [-0.2, 0) is 11.2 Å². The maximum absolute atomic E-state index is 11.7. The summed E-state index contributed by atoms with van der Waals surface area (Å²) in [6, 6.07) is 6.08. The van der Waals surface area contributed by atoms with Gasteiger partial charge in [0.25, 0.3) is 0 Å². The molecule has 0 radical (unpaired) electrons. The van der Waals surface area contributed by atoms with E-state index in [-0.39, 0.29) is 5.91 Å². The molecule has 1 aromatic rings. The van der Waals surface area contributed by atoms with Crippen molar-refractivity contribution in [1.29, 1.82) is 0 Å². The first-order valence-electron chi connectivity index (χ1n) is 6.25. The molecule has 1 aromatic carbocycles. The summed E-state index contributed by atoms with van der Waals surface area (Å²) in [5, 5.41) is 2.94. The Morgan fingerprint density at radius 3 is 2.89 bits per heavy atom. The number of benzene rings is 1. The Bertz CT molecular complexity index is 427. The molecule has 0 aliphatic heterocycles. The van der Waals surface area contributed by atoms with Crippen molar-refractivity contribution in [2.75, 3.05) is 16.8 Å². The van der Waals surface area contributed by atoms with Crippen LogP contribution in [0.5, 0.6) is 0 Å². The highest BCUT2D eigenvalue weighted by molar-refractivity contribution is 8.00. The molecule has 2 nitrogen and oxygen atoms in total. The van der Waals surface area contributed by atoms with Gasteiger partial charge in [-0.25, -0.2) is 0 Å². The summed E-state index contributed by atoms with van der Waals surface area (Å²) in [7, 11) is 0. The van der Waals surface area contributed by atoms with Crippen molar-refractivity contribution in [3.63, 3.8) is 0 Å². The van der Waals surface area contributed by atoms with Crippen LogP contribution in [0.4, 0.5) is 5.69 Å². The molecule has 0 saturated heterocycles. The molecule has 1 amide bonds. The zero-order valence-corrected chi connectivity index (χ0v) is 12.1. The average molecular weight is 263 g/mol. The highest BCUT2D eigenvalue weighted by Crippen LogP contribution is 2.16. The van der Waals surface area contributed by atoms with E-state index in [1.165, 1.54) is 11.1 Å². The third-order valence-electron chi connectivity index (χ3n) is 2.70. The minimum atomic E-state index is 0.0652. The minimum absolute atomic E-state index is 0.0652. The maximum Gasteiger partial charge on any atom is 0.234 e. The van der Waals surface area contributed by atoms with E-state index in [1.54, 1.807) is 11.8 Å². The van der Waals surface area contributed by atoms with E-state index in [0.717, 1.165) is 17.9 Å². The van der Waals surface area contributed by atoms with Crippen LogP contribution in [0.1, 0.15) is 25.0 Å². The van der Waals surface area contributed by atoms with Crippen molar-refractivity contribution in [3.05, 3.63) is 41.5 Å². The molecular weight excluding hydrogens is 242 g/mol. The molecule has 0 heterocycles. The number of anilines is 1. The van der Waals surface area contributed by atoms with Crippen LogP contribution in [0, 0.1) is 6.92 Å². The number of allylic oxidation sites excluding steroid dienone is 1. The molecule has 0 atom stereocenters. The lowest BCUT2D eigenvalue weighted by Gasteiger charge is -2.08. The average Bonchev–Trinajstić information content (AvgIpc) is 2.37. The lowest BCUT2D eigenvalue weighted by Crippen LogP contribution is -2.14. The molecule has 0 aliphatic rings. The van der Waals surface area contributed by atoms with Crippen LogP contribution in [0.25, 0.3) is 0 Å². The second kappa shape index (κ2) is 7.98. The Balaban J connectivity index is 2.49. The first-order valence-corrected chi connectivity index (χ1v) is 7.41. The Kier molecular flexibility index (Phi) is 6.58. The monoisotopic (exact) mass is 263 g/mol. The molecule has 1 rings (SSSR count). The largest absolute Gasteiger partial charge is 0.325 e. The van der Waals surface area contributed by atoms with Gasteiger partial charge in [-0.05, 0) is 43.5 Å². The summed E-state index contributed by atoms with van der Waals surface area (Å²) in [5.74, 6) is 1.45. The molecule has 0 saturated carbocycles. The topological polar surface area (TPSA) is 29.1 Å². The van der Waals surface area contributed by atoms with Gasteiger partial charge in [0.15, 0.2) is 0 Å². The van der Waals surface area contributed by atoms with E-state index in [2.05, 4.69) is 37.4 Å². The molecule has 0 fully saturated rings. The van der Waals surface area contributed by atoms with Gasteiger partial charge in [0.1, 0.15) is 0 Å². The summed E-state index contributed by atoms with van der Waals surface area (Å²) in [6.45, 7) is 6.21. The van der Waals surface area contributed by atoms with E-state index in [1.807, 2.05) is 19.1 Å². The van der Waals surface area contributed by atoms with Gasteiger partial charge in [-0.2, -0.15) is 0 Å². The van der Waals surface area contributed by atoms with Crippen LogP contribution in [-0.4, -0.2) is 17.4 Å². The first kappa shape index (κ1) is 14.8. The summed E-state index contributed by atoms with van der Waals surface area (Å²) in [4.78, 5) is 11.7. The number of hydrogen-bond acceptors (Lipinski definition) is 2. The summed E-state index contributed by atoms with van der Waals surface area (Å²) >= 11 is 1.62. The number of rotatable bonds is 6. The minimum Gasteiger partial charge on any atom is -0.325 e. The quantitative estimate of drug-likeness (QED) is 0.624. The summed E-state index contributed by atoms with van der Waals surface area (Å²) < 4.78 is 0. The lowest BCUT2D eigenvalue weighted by molar-refractivity contribution is -0.113. The van der Waals surface area contributed by atoms with E-state index < -0.39 is 0 Å². The maximum atomic E-state index is 11.7. The first-order chi connectivity index (χ1) is 8.67. The fourth-order valence-corrected chi connectivity index (χ4v) is 2.35. The number of amides is 1. The van der Waals surface area contributed by atoms with Crippen LogP contribution in [0.3, 0.4) is 0 Å². The van der Waals surface area contributed by atoms with E-state index in [0.29, 0.717) is 5.75 Å². The third-order valence-corrected chi connectivity index (χ3v) is 3.59. The zero-order valence-electron chi connectivity index (χ0n) is 11.3. The second-order valence-corrected chi connectivity index (χ2v) is 5.16. The van der Waals surface area contributed by atoms with Crippen molar-refractivity contribution in [1.82, 2.24) is 0 Å². The molecular formula is C15H21NOS. The van der Waals surface area contributed by atoms with Crippen molar-refractivity contribution in [3.8, 4) is 0 Å². The van der Waals surface area contributed by atoms with E-state index in [9.17, 15) is 4.79 Å². The zero-order chi connectivity index (χ0) is 13.4. The smallest absolute Gasteiger partial charge is 0.234 e. The van der Waals surface area contributed by atoms with Crippen LogP contribution >= 0.6 is 11.8 Å². The third kappa shape index (κ3) is 4.96. The Morgan fingerprint density at radius 1 is 1.44 bits per heavy atom. The van der Waals surface area contributed by atoms with E-state index in [4.69, 9.17) is 0 Å². The Morgan fingerprint density at radius 2 is 2.22 bits per heavy atom. The fourth-order valence-electron chi connectivity index (χ4n) is 1.64. The SMILES string of the molecule is C/C=C/CSCC(=O)Nc1ccc(C)c(CC)c1. The van der Waals surface area contributed by atoms with Crippen LogP contribution < -0.4 is 5.32 Å². The standard InChI is InChI=1S/C15H21NOS/c1-4-6-9-18-11-15(17)16-14-8-7-12(3)13(5-2)10-14/h4,6-8,10H,5,9,11H2,1-3H3,(H,16,17)/b6-4+. The van der Waals surface area contributed by atoms with Crippen LogP contribution in [0.15, 0.2) is 30.4 Å². The van der Waals surface area contributed by atoms with E-state index >= 15 is 0 Å². The van der Waals surface area contributed by atoms with Gasteiger partial charge in [-0.3, -0.25) is 4.79 Å². The Hall–Kier alpha value is -1.22. The van der Waals surface area contributed by atoms with Crippen molar-refractivity contribution < 1.29 is 4.79 Å². The Labute approximate surface area is 114 Å². The number of aryl methyl sites for hydroxylation is 2. The van der Waals surface area contributed by atoms with Crippen molar-refractivity contribution in [2.45, 2.75) is 27.2 Å². The van der Waals surface area contributed by atoms with Crippen LogP contribution in [0.2, 0.25) is 0 Å². The van der Waals surface area contributed by atoms with Crippen molar-refractivity contribution >= 4 is 23.4 Å². The molecule has 0 spiro atoms. The van der Waals surface area contributed by atoms with Gasteiger partial charge < -0.3 is 5.32 Å². The highest BCUT2D eigenvalue weighted by Gasteiger charge is 2.03. The second-order valence-electron chi connectivity index (χ2n) is 4.13. The summed E-state index contributed by atoms with van der Waals surface area (Å²) in [5.41, 5.74) is 3.46. The number of carbonyl (C=O) groups is 1. The molecule has 0 aliphatic carbocycles. The molecule has 98 valence electrons. The van der Waals surface area contributed by atoms with Gasteiger partial charge >= 0.3 is 0 Å². The molecule has 1 N–H and O–H groups in total. The number of carbonyl (C=O) groups excluding carboxylic acids is 1. The predicted octanol–water partition coefficient (Wildman–Crippen LogP) is 3.81. The molecule has 0 aromatic heterocycles. The van der Waals surface area contributed by atoms with Gasteiger partial charge in [0, 0.05) is 11.4 Å². The fraction of sp³-hybridized carbons (Fsp3) is 0.400. The van der Waals surface area contributed by atoms with Gasteiger partial charge in [-0.15, -0.1) is 11.8 Å². The molecule has 3 heteroatoms. The number of nitrogens with one attached hydrogen (secondary N) is 1. The normalized spacial score (nSPS) is 10.8. The van der Waals surface area contributed by atoms with Gasteiger partial charge in [-0.1, -0.05) is 25.1 Å². The predicted molar refractivity (Wildman–Crippen MR) is 81.3 cm³/mol. The number of hydrogen-bond donors (Lipinski definition) is 1. The van der Waals surface area contributed by atoms with Gasteiger partial charge in [0.05, 0.1) is 5.75 Å².